The average molecular weight is 263 g/mol. The first-order valence-electron chi connectivity index (χ1n) is 7.15. The number of aryl methyl sites for hydroxylation is 1. The molecule has 0 spiro atoms. The second-order valence-corrected chi connectivity index (χ2v) is 5.38. The Bertz CT molecular complexity index is 425. The maximum absolute atomic E-state index is 5.40. The molecule has 0 aliphatic heterocycles. The predicted molar refractivity (Wildman–Crippen MR) is 78.3 cm³/mol. The molecule has 0 saturated heterocycles. The van der Waals surface area contributed by atoms with E-state index in [1.54, 1.807) is 14.2 Å². The topological polar surface area (TPSA) is 30.5 Å². The van der Waals surface area contributed by atoms with Gasteiger partial charge < -0.3 is 14.8 Å². The molecule has 1 fully saturated rings. The molecule has 19 heavy (non-hydrogen) atoms. The van der Waals surface area contributed by atoms with Gasteiger partial charge in [0.2, 0.25) is 0 Å². The molecule has 0 aromatic heterocycles. The van der Waals surface area contributed by atoms with Crippen LogP contribution in [0.15, 0.2) is 12.1 Å². The number of ether oxygens (including phenoxy) is 2. The zero-order valence-electron chi connectivity index (χ0n) is 12.5. The van der Waals surface area contributed by atoms with Crippen molar-refractivity contribution in [3.05, 3.63) is 23.3 Å². The summed E-state index contributed by atoms with van der Waals surface area (Å²) in [6, 6.07) is 4.92. The molecule has 1 aliphatic carbocycles. The molecular weight excluding hydrogens is 238 g/mol. The van der Waals surface area contributed by atoms with E-state index in [1.165, 1.54) is 30.4 Å². The van der Waals surface area contributed by atoms with Crippen molar-refractivity contribution in [2.75, 3.05) is 20.8 Å². The van der Waals surface area contributed by atoms with Crippen molar-refractivity contribution in [2.45, 2.75) is 45.1 Å². The Morgan fingerprint density at radius 1 is 1.16 bits per heavy atom. The Hall–Kier alpha value is -1.22. The number of nitrogens with one attached hydrogen (secondary N) is 1. The lowest BCUT2D eigenvalue weighted by Gasteiger charge is -2.37. The fraction of sp³-hybridized carbons (Fsp3) is 0.625. The maximum Gasteiger partial charge on any atom is 0.161 e. The van der Waals surface area contributed by atoms with Crippen molar-refractivity contribution < 1.29 is 9.47 Å². The Labute approximate surface area is 116 Å². The molecule has 0 amide bonds. The second-order valence-electron chi connectivity index (χ2n) is 5.38. The Morgan fingerprint density at radius 2 is 1.79 bits per heavy atom. The first-order chi connectivity index (χ1) is 9.19. The highest BCUT2D eigenvalue weighted by Crippen LogP contribution is 2.42. The lowest BCUT2D eigenvalue weighted by molar-refractivity contribution is 0.289. The number of rotatable bonds is 6. The molecule has 0 radical (unpaired) electrons. The van der Waals surface area contributed by atoms with E-state index in [-0.39, 0.29) is 0 Å². The lowest BCUT2D eigenvalue weighted by atomic mass is 9.74. The molecule has 1 aromatic carbocycles. The molecule has 0 atom stereocenters. The van der Waals surface area contributed by atoms with Crippen LogP contribution in [0.25, 0.3) is 0 Å². The summed E-state index contributed by atoms with van der Waals surface area (Å²) >= 11 is 0. The molecule has 3 heteroatoms. The third-order valence-corrected chi connectivity index (χ3v) is 4.03. The number of hydrogen-bond acceptors (Lipinski definition) is 3. The highest BCUT2D eigenvalue weighted by Gasteiger charge is 2.31. The van der Waals surface area contributed by atoms with E-state index in [2.05, 4.69) is 31.3 Å². The Morgan fingerprint density at radius 3 is 2.37 bits per heavy atom. The molecular formula is C16H25NO2. The summed E-state index contributed by atoms with van der Waals surface area (Å²) in [5, 5.41) is 3.58. The minimum atomic E-state index is 0.661. The van der Waals surface area contributed by atoms with E-state index in [0.29, 0.717) is 12.0 Å². The largest absolute Gasteiger partial charge is 0.493 e. The summed E-state index contributed by atoms with van der Waals surface area (Å²) in [5.74, 6) is 2.32. The van der Waals surface area contributed by atoms with Gasteiger partial charge in [0.1, 0.15) is 0 Å². The van der Waals surface area contributed by atoms with Gasteiger partial charge in [0.15, 0.2) is 11.5 Å². The third kappa shape index (κ3) is 3.03. The van der Waals surface area contributed by atoms with Crippen LogP contribution >= 0.6 is 0 Å². The molecule has 2 rings (SSSR count). The van der Waals surface area contributed by atoms with Gasteiger partial charge in [-0.2, -0.15) is 0 Å². The van der Waals surface area contributed by atoms with Crippen LogP contribution in [-0.4, -0.2) is 26.8 Å². The number of methoxy groups -OCH3 is 2. The van der Waals surface area contributed by atoms with Crippen LogP contribution < -0.4 is 14.8 Å². The van der Waals surface area contributed by atoms with Gasteiger partial charge in [-0.15, -0.1) is 0 Å². The Balaban J connectivity index is 2.06. The first-order valence-corrected chi connectivity index (χ1v) is 7.15. The molecule has 106 valence electrons. The van der Waals surface area contributed by atoms with Crippen LogP contribution in [0.5, 0.6) is 11.5 Å². The number of hydrogen-bond donors (Lipinski definition) is 1. The fourth-order valence-corrected chi connectivity index (χ4v) is 2.82. The van der Waals surface area contributed by atoms with Crippen LogP contribution in [0.3, 0.4) is 0 Å². The van der Waals surface area contributed by atoms with Gasteiger partial charge in [-0.25, -0.2) is 0 Å². The number of benzene rings is 1. The van der Waals surface area contributed by atoms with Crippen LogP contribution in [0.4, 0.5) is 0 Å². The maximum atomic E-state index is 5.40. The molecule has 0 bridgehead atoms. The molecule has 1 aliphatic rings. The molecule has 0 unspecified atom stereocenters. The highest BCUT2D eigenvalue weighted by molar-refractivity contribution is 5.48. The van der Waals surface area contributed by atoms with Crippen molar-refractivity contribution in [2.24, 2.45) is 0 Å². The molecule has 3 nitrogen and oxygen atoms in total. The average Bonchev–Trinajstić information content (AvgIpc) is 2.38. The lowest BCUT2D eigenvalue weighted by Crippen LogP contribution is -2.40. The van der Waals surface area contributed by atoms with Gasteiger partial charge in [0.25, 0.3) is 0 Å². The van der Waals surface area contributed by atoms with E-state index < -0.39 is 0 Å². The quantitative estimate of drug-likeness (QED) is 0.854. The summed E-state index contributed by atoms with van der Waals surface area (Å²) in [4.78, 5) is 0. The van der Waals surface area contributed by atoms with Gasteiger partial charge in [0.05, 0.1) is 14.2 Å². The molecule has 1 saturated carbocycles. The predicted octanol–water partition coefficient (Wildman–Crippen LogP) is 3.26. The zero-order valence-corrected chi connectivity index (χ0v) is 12.5. The van der Waals surface area contributed by atoms with Gasteiger partial charge in [-0.1, -0.05) is 6.92 Å². The summed E-state index contributed by atoms with van der Waals surface area (Å²) in [6.45, 7) is 5.49. The second kappa shape index (κ2) is 6.29. The minimum absolute atomic E-state index is 0.661. The van der Waals surface area contributed by atoms with E-state index in [4.69, 9.17) is 9.47 Å². The molecule has 1 aromatic rings. The van der Waals surface area contributed by atoms with E-state index in [9.17, 15) is 0 Å². The smallest absolute Gasteiger partial charge is 0.161 e. The van der Waals surface area contributed by atoms with Gasteiger partial charge in [-0.05, 0) is 61.9 Å². The Kier molecular flexibility index (Phi) is 4.70. The SMILES string of the molecule is CCCNC1CC(c2cc(OC)c(OC)cc2C)C1. The van der Waals surface area contributed by atoms with Crippen molar-refractivity contribution in [1.29, 1.82) is 0 Å². The first kappa shape index (κ1) is 14.2. The van der Waals surface area contributed by atoms with E-state index >= 15 is 0 Å². The highest BCUT2D eigenvalue weighted by atomic mass is 16.5. The zero-order chi connectivity index (χ0) is 13.8. The van der Waals surface area contributed by atoms with Crippen LogP contribution in [0.2, 0.25) is 0 Å². The third-order valence-electron chi connectivity index (χ3n) is 4.03. The van der Waals surface area contributed by atoms with Crippen molar-refractivity contribution in [1.82, 2.24) is 5.32 Å². The molecule has 1 N–H and O–H groups in total. The van der Waals surface area contributed by atoms with Crippen molar-refractivity contribution >= 4 is 0 Å². The van der Waals surface area contributed by atoms with E-state index in [0.717, 1.165) is 18.0 Å². The van der Waals surface area contributed by atoms with Gasteiger partial charge in [-0.3, -0.25) is 0 Å². The van der Waals surface area contributed by atoms with Crippen LogP contribution in [-0.2, 0) is 0 Å². The monoisotopic (exact) mass is 263 g/mol. The van der Waals surface area contributed by atoms with Gasteiger partial charge in [0, 0.05) is 6.04 Å². The summed E-state index contributed by atoms with van der Waals surface area (Å²) in [6.07, 6.45) is 3.67. The fourth-order valence-electron chi connectivity index (χ4n) is 2.82. The van der Waals surface area contributed by atoms with Crippen molar-refractivity contribution in [3.8, 4) is 11.5 Å². The van der Waals surface area contributed by atoms with E-state index in [1.807, 2.05) is 0 Å². The van der Waals surface area contributed by atoms with Gasteiger partial charge >= 0.3 is 0 Å². The standard InChI is InChI=1S/C16H25NO2/c1-5-6-17-13-8-12(9-13)14-10-16(19-4)15(18-3)7-11(14)2/h7,10,12-13,17H,5-6,8-9H2,1-4H3. The summed E-state index contributed by atoms with van der Waals surface area (Å²) in [7, 11) is 3.38. The van der Waals surface area contributed by atoms with Crippen LogP contribution in [0.1, 0.15) is 43.2 Å². The minimum Gasteiger partial charge on any atom is -0.493 e. The summed E-state index contributed by atoms with van der Waals surface area (Å²) in [5.41, 5.74) is 2.71. The molecule has 0 heterocycles. The van der Waals surface area contributed by atoms with Crippen LogP contribution in [0, 0.1) is 6.92 Å². The van der Waals surface area contributed by atoms with Crippen molar-refractivity contribution in [3.63, 3.8) is 0 Å². The summed E-state index contributed by atoms with van der Waals surface area (Å²) < 4.78 is 10.7. The normalized spacial score (nSPS) is 21.9.